The van der Waals surface area contributed by atoms with Crippen LogP contribution >= 0.6 is 12.4 Å². The number of benzene rings is 3. The molecule has 4 rings (SSSR count). The number of aliphatic carboxylic acids is 1. The number of carbonyl (C=O) groups is 1. The van der Waals surface area contributed by atoms with E-state index in [1.807, 2.05) is 66.7 Å². The van der Waals surface area contributed by atoms with Crippen molar-refractivity contribution in [2.24, 2.45) is 0 Å². The van der Waals surface area contributed by atoms with Crippen LogP contribution in [0, 0.1) is 0 Å². The Morgan fingerprint density at radius 1 is 0.967 bits per heavy atom. The number of halogens is 1. The maximum atomic E-state index is 11.5. The molecular formula is C25H26ClNO3. The third-order valence-electron chi connectivity index (χ3n) is 5.42. The summed E-state index contributed by atoms with van der Waals surface area (Å²) in [6.45, 7) is 1.16. The molecule has 0 saturated carbocycles. The lowest BCUT2D eigenvalue weighted by molar-refractivity contribution is -0.139. The van der Waals surface area contributed by atoms with Crippen LogP contribution in [0.15, 0.2) is 78.9 Å². The largest absolute Gasteiger partial charge is 0.489 e. The lowest BCUT2D eigenvalue weighted by Crippen LogP contribution is -2.32. The van der Waals surface area contributed by atoms with E-state index in [4.69, 9.17) is 4.74 Å². The van der Waals surface area contributed by atoms with Gasteiger partial charge in [0, 0.05) is 12.6 Å². The number of hydrogen-bond donors (Lipinski definition) is 1. The van der Waals surface area contributed by atoms with E-state index in [1.54, 1.807) is 0 Å². The van der Waals surface area contributed by atoms with Crippen LogP contribution in [-0.4, -0.2) is 22.5 Å². The van der Waals surface area contributed by atoms with E-state index < -0.39 is 5.97 Å². The Kier molecular flexibility index (Phi) is 7.50. The molecule has 4 nitrogen and oxygen atoms in total. The van der Waals surface area contributed by atoms with Crippen LogP contribution in [0.4, 0.5) is 0 Å². The molecule has 0 fully saturated rings. The van der Waals surface area contributed by atoms with Crippen molar-refractivity contribution >= 4 is 18.4 Å². The van der Waals surface area contributed by atoms with Crippen LogP contribution in [0.25, 0.3) is 0 Å². The van der Waals surface area contributed by atoms with Gasteiger partial charge >= 0.3 is 5.97 Å². The highest BCUT2D eigenvalue weighted by molar-refractivity contribution is 5.85. The molecular weight excluding hydrogens is 398 g/mol. The topological polar surface area (TPSA) is 49.8 Å². The number of carboxylic acids is 1. The number of carboxylic acid groups (broad SMARTS) is 1. The molecule has 0 saturated heterocycles. The fraction of sp³-hybridized carbons (Fsp3) is 0.240. The predicted octanol–water partition coefficient (Wildman–Crippen LogP) is 5.26. The molecule has 5 heteroatoms. The summed E-state index contributed by atoms with van der Waals surface area (Å²) < 4.78 is 6.01. The Bertz CT molecular complexity index is 963. The van der Waals surface area contributed by atoms with Gasteiger partial charge in [0.05, 0.1) is 6.54 Å². The van der Waals surface area contributed by atoms with Gasteiger partial charge in [0.1, 0.15) is 12.4 Å². The number of ether oxygens (including phenoxy) is 1. The first-order valence-electron chi connectivity index (χ1n) is 9.98. The Morgan fingerprint density at radius 3 is 2.30 bits per heavy atom. The molecule has 0 aromatic heterocycles. The third-order valence-corrected chi connectivity index (χ3v) is 5.42. The summed E-state index contributed by atoms with van der Waals surface area (Å²) in [6.07, 6.45) is 1.89. The zero-order valence-corrected chi connectivity index (χ0v) is 17.6. The van der Waals surface area contributed by atoms with Gasteiger partial charge in [-0.3, -0.25) is 9.69 Å². The molecule has 0 aliphatic heterocycles. The van der Waals surface area contributed by atoms with Crippen molar-refractivity contribution in [1.82, 2.24) is 4.90 Å². The molecule has 0 amide bonds. The molecule has 1 atom stereocenters. The normalized spacial score (nSPS) is 14.8. The number of nitrogens with zero attached hydrogens (tertiary/aromatic N) is 1. The van der Waals surface area contributed by atoms with E-state index in [0.717, 1.165) is 29.7 Å². The van der Waals surface area contributed by atoms with Crippen LogP contribution in [0.1, 0.15) is 34.7 Å². The van der Waals surface area contributed by atoms with Gasteiger partial charge in [0.2, 0.25) is 0 Å². The smallest absolute Gasteiger partial charge is 0.317 e. The van der Waals surface area contributed by atoms with E-state index in [2.05, 4.69) is 17.0 Å². The average molecular weight is 424 g/mol. The zero-order valence-electron chi connectivity index (χ0n) is 16.7. The standard InChI is InChI=1S/C25H25NO3.ClH/c27-25(28)17-26(16-19-7-3-1-4-8-19)24-14-12-21-11-13-22(15-23(21)24)29-18-20-9-5-2-6-10-20;/h1-11,13,15,24H,12,14,16-18H2,(H,27,28);1H. The summed E-state index contributed by atoms with van der Waals surface area (Å²) in [5.41, 5.74) is 4.72. The van der Waals surface area contributed by atoms with Gasteiger partial charge in [-0.05, 0) is 47.2 Å². The summed E-state index contributed by atoms with van der Waals surface area (Å²) in [7, 11) is 0. The first-order valence-corrected chi connectivity index (χ1v) is 9.98. The minimum absolute atomic E-state index is 0. The molecule has 0 spiro atoms. The van der Waals surface area contributed by atoms with E-state index >= 15 is 0 Å². The zero-order chi connectivity index (χ0) is 20.1. The van der Waals surface area contributed by atoms with Crippen molar-refractivity contribution in [3.63, 3.8) is 0 Å². The fourth-order valence-corrected chi connectivity index (χ4v) is 4.04. The Hall–Kier alpha value is -2.82. The van der Waals surface area contributed by atoms with Crippen molar-refractivity contribution < 1.29 is 14.6 Å². The minimum atomic E-state index is -0.800. The Balaban J connectivity index is 0.00000256. The van der Waals surface area contributed by atoms with Gasteiger partial charge in [-0.25, -0.2) is 0 Å². The summed E-state index contributed by atoms with van der Waals surface area (Å²) in [6, 6.07) is 26.5. The molecule has 0 bridgehead atoms. The summed E-state index contributed by atoms with van der Waals surface area (Å²) in [5.74, 6) is 0.0281. The van der Waals surface area contributed by atoms with Crippen molar-refractivity contribution in [2.75, 3.05) is 6.54 Å². The second kappa shape index (κ2) is 10.3. The van der Waals surface area contributed by atoms with Gasteiger partial charge in [-0.2, -0.15) is 0 Å². The van der Waals surface area contributed by atoms with Gasteiger partial charge in [0.15, 0.2) is 0 Å². The summed E-state index contributed by atoms with van der Waals surface area (Å²) in [4.78, 5) is 13.6. The van der Waals surface area contributed by atoms with E-state index in [9.17, 15) is 9.90 Å². The maximum Gasteiger partial charge on any atom is 0.317 e. The Labute approximate surface area is 183 Å². The highest BCUT2D eigenvalue weighted by Crippen LogP contribution is 2.38. The maximum absolute atomic E-state index is 11.5. The van der Waals surface area contributed by atoms with Crippen LogP contribution in [0.3, 0.4) is 0 Å². The second-order valence-corrected chi connectivity index (χ2v) is 7.47. The first kappa shape index (κ1) is 21.9. The van der Waals surface area contributed by atoms with Gasteiger partial charge in [-0.1, -0.05) is 66.7 Å². The molecule has 156 valence electrons. The highest BCUT2D eigenvalue weighted by atomic mass is 35.5. The minimum Gasteiger partial charge on any atom is -0.489 e. The van der Waals surface area contributed by atoms with Crippen molar-refractivity contribution in [1.29, 1.82) is 0 Å². The van der Waals surface area contributed by atoms with E-state index in [1.165, 1.54) is 11.1 Å². The molecule has 3 aromatic carbocycles. The predicted molar refractivity (Wildman–Crippen MR) is 120 cm³/mol. The molecule has 3 aromatic rings. The van der Waals surface area contributed by atoms with Crippen LogP contribution in [0.5, 0.6) is 5.75 Å². The molecule has 1 aliphatic carbocycles. The second-order valence-electron chi connectivity index (χ2n) is 7.47. The summed E-state index contributed by atoms with van der Waals surface area (Å²) >= 11 is 0. The highest BCUT2D eigenvalue weighted by Gasteiger charge is 2.29. The van der Waals surface area contributed by atoms with E-state index in [-0.39, 0.29) is 25.0 Å². The molecule has 30 heavy (non-hydrogen) atoms. The third kappa shape index (κ3) is 5.41. The van der Waals surface area contributed by atoms with Gasteiger partial charge in [-0.15, -0.1) is 12.4 Å². The van der Waals surface area contributed by atoms with Crippen molar-refractivity contribution in [3.8, 4) is 5.75 Å². The molecule has 1 unspecified atom stereocenters. The van der Waals surface area contributed by atoms with Crippen molar-refractivity contribution in [2.45, 2.75) is 32.0 Å². The molecule has 1 aliphatic rings. The SMILES string of the molecule is Cl.O=C(O)CN(Cc1ccccc1)C1CCc2ccc(OCc3ccccc3)cc21. The summed E-state index contributed by atoms with van der Waals surface area (Å²) in [5, 5.41) is 9.47. The van der Waals surface area contributed by atoms with Crippen LogP contribution in [0.2, 0.25) is 0 Å². The Morgan fingerprint density at radius 2 is 1.63 bits per heavy atom. The molecule has 0 radical (unpaired) electrons. The number of fused-ring (bicyclic) bond motifs is 1. The first-order chi connectivity index (χ1) is 14.2. The fourth-order valence-electron chi connectivity index (χ4n) is 4.04. The monoisotopic (exact) mass is 423 g/mol. The number of rotatable bonds is 8. The van der Waals surface area contributed by atoms with Crippen LogP contribution < -0.4 is 4.74 Å². The average Bonchev–Trinajstić information content (AvgIpc) is 3.16. The number of aryl methyl sites for hydroxylation is 1. The lowest BCUT2D eigenvalue weighted by Gasteiger charge is -2.28. The van der Waals surface area contributed by atoms with E-state index in [0.29, 0.717) is 13.2 Å². The quantitative estimate of drug-likeness (QED) is 0.536. The van der Waals surface area contributed by atoms with Gasteiger partial charge in [0.25, 0.3) is 0 Å². The lowest BCUT2D eigenvalue weighted by atomic mass is 10.1. The van der Waals surface area contributed by atoms with Crippen molar-refractivity contribution in [3.05, 3.63) is 101 Å². The molecule has 0 heterocycles. The molecule has 1 N–H and O–H groups in total. The van der Waals surface area contributed by atoms with Gasteiger partial charge < -0.3 is 9.84 Å². The van der Waals surface area contributed by atoms with Crippen LogP contribution in [-0.2, 0) is 24.4 Å². The number of hydrogen-bond acceptors (Lipinski definition) is 3.